The van der Waals surface area contributed by atoms with Gasteiger partial charge < -0.3 is 10.2 Å². The van der Waals surface area contributed by atoms with Gasteiger partial charge in [-0.05, 0) is 37.3 Å². The monoisotopic (exact) mass is 338 g/mol. The smallest absolute Gasteiger partial charge is 0.254 e. The first-order chi connectivity index (χ1) is 11.4. The van der Waals surface area contributed by atoms with E-state index in [1.165, 1.54) is 0 Å². The Bertz CT molecular complexity index is 601. The second-order valence-electron chi connectivity index (χ2n) is 6.65. The molecule has 1 fully saturated rings. The molecule has 1 aliphatic rings. The SMILES string of the molecule is CC(C)CN(C(=O)CCCNC(=O)c1ccc(F)cc1F)C1CC1. The molecular formula is C18H24F2N2O2. The van der Waals surface area contributed by atoms with Gasteiger partial charge in [-0.3, -0.25) is 9.59 Å². The largest absolute Gasteiger partial charge is 0.352 e. The molecule has 2 amide bonds. The number of hydrogen-bond donors (Lipinski definition) is 1. The Morgan fingerprint density at radius 1 is 1.29 bits per heavy atom. The minimum atomic E-state index is -0.889. The number of nitrogens with one attached hydrogen (secondary N) is 1. The van der Waals surface area contributed by atoms with Crippen molar-refractivity contribution in [2.24, 2.45) is 5.92 Å². The first kappa shape index (κ1) is 18.4. The van der Waals surface area contributed by atoms with Crippen LogP contribution in [0.1, 0.15) is 49.9 Å². The van der Waals surface area contributed by atoms with Crippen LogP contribution in [0.4, 0.5) is 8.78 Å². The fourth-order valence-electron chi connectivity index (χ4n) is 2.59. The average Bonchev–Trinajstić information content (AvgIpc) is 3.33. The second-order valence-corrected chi connectivity index (χ2v) is 6.65. The van der Waals surface area contributed by atoms with E-state index in [0.717, 1.165) is 31.5 Å². The normalized spacial score (nSPS) is 13.9. The molecule has 0 aromatic heterocycles. The van der Waals surface area contributed by atoms with Crippen LogP contribution in [0.2, 0.25) is 0 Å². The summed E-state index contributed by atoms with van der Waals surface area (Å²) >= 11 is 0. The van der Waals surface area contributed by atoms with E-state index in [0.29, 0.717) is 30.9 Å². The van der Waals surface area contributed by atoms with Gasteiger partial charge in [0.2, 0.25) is 5.91 Å². The molecule has 0 heterocycles. The van der Waals surface area contributed by atoms with Gasteiger partial charge in [-0.25, -0.2) is 8.78 Å². The summed E-state index contributed by atoms with van der Waals surface area (Å²) in [6.45, 7) is 5.21. The molecule has 0 saturated heterocycles. The molecule has 2 rings (SSSR count). The third kappa shape index (κ3) is 5.28. The first-order valence-electron chi connectivity index (χ1n) is 8.41. The lowest BCUT2D eigenvalue weighted by molar-refractivity contribution is -0.132. The maximum atomic E-state index is 13.5. The van der Waals surface area contributed by atoms with E-state index < -0.39 is 17.5 Å². The maximum Gasteiger partial charge on any atom is 0.254 e. The van der Waals surface area contributed by atoms with E-state index >= 15 is 0 Å². The van der Waals surface area contributed by atoms with Crippen LogP contribution in [0, 0.1) is 17.6 Å². The van der Waals surface area contributed by atoms with Crippen LogP contribution >= 0.6 is 0 Å². The Morgan fingerprint density at radius 2 is 2.00 bits per heavy atom. The number of benzene rings is 1. The van der Waals surface area contributed by atoms with Crippen LogP contribution in [0.5, 0.6) is 0 Å². The van der Waals surface area contributed by atoms with Crippen molar-refractivity contribution >= 4 is 11.8 Å². The highest BCUT2D eigenvalue weighted by Crippen LogP contribution is 2.28. The molecule has 6 heteroatoms. The van der Waals surface area contributed by atoms with E-state index in [9.17, 15) is 18.4 Å². The highest BCUT2D eigenvalue weighted by molar-refractivity contribution is 5.94. The van der Waals surface area contributed by atoms with E-state index in [1.807, 2.05) is 4.90 Å². The fourth-order valence-corrected chi connectivity index (χ4v) is 2.59. The minimum absolute atomic E-state index is 0.105. The van der Waals surface area contributed by atoms with Crippen molar-refractivity contribution in [1.82, 2.24) is 10.2 Å². The van der Waals surface area contributed by atoms with Crippen LogP contribution in [-0.4, -0.2) is 35.8 Å². The van der Waals surface area contributed by atoms with Crippen molar-refractivity contribution in [2.75, 3.05) is 13.1 Å². The molecule has 1 saturated carbocycles. The molecule has 0 aliphatic heterocycles. The van der Waals surface area contributed by atoms with Crippen molar-refractivity contribution in [3.8, 4) is 0 Å². The highest BCUT2D eigenvalue weighted by Gasteiger charge is 2.32. The van der Waals surface area contributed by atoms with E-state index in [2.05, 4.69) is 19.2 Å². The fraction of sp³-hybridized carbons (Fsp3) is 0.556. The van der Waals surface area contributed by atoms with Crippen LogP contribution < -0.4 is 5.32 Å². The predicted octanol–water partition coefficient (Wildman–Crippen LogP) is 3.12. The van der Waals surface area contributed by atoms with Gasteiger partial charge in [0, 0.05) is 31.6 Å². The third-order valence-electron chi connectivity index (χ3n) is 3.90. The van der Waals surface area contributed by atoms with Crippen LogP contribution in [-0.2, 0) is 4.79 Å². The lowest BCUT2D eigenvalue weighted by atomic mass is 10.1. The Balaban J connectivity index is 1.75. The van der Waals surface area contributed by atoms with Crippen LogP contribution in [0.25, 0.3) is 0 Å². The summed E-state index contributed by atoms with van der Waals surface area (Å²) in [4.78, 5) is 26.1. The van der Waals surface area contributed by atoms with Gasteiger partial charge >= 0.3 is 0 Å². The molecule has 0 spiro atoms. The summed E-state index contributed by atoms with van der Waals surface area (Å²) in [6, 6.07) is 3.21. The topological polar surface area (TPSA) is 49.4 Å². The van der Waals surface area contributed by atoms with E-state index in [4.69, 9.17) is 0 Å². The Kier molecular flexibility index (Phi) is 6.29. The Labute approximate surface area is 141 Å². The molecule has 0 unspecified atom stereocenters. The van der Waals surface area contributed by atoms with Crippen molar-refractivity contribution < 1.29 is 18.4 Å². The molecule has 1 aromatic carbocycles. The van der Waals surface area contributed by atoms with Gasteiger partial charge in [-0.1, -0.05) is 13.8 Å². The van der Waals surface area contributed by atoms with Crippen molar-refractivity contribution in [2.45, 2.75) is 45.6 Å². The number of nitrogens with zero attached hydrogens (tertiary/aromatic N) is 1. The zero-order chi connectivity index (χ0) is 17.7. The summed E-state index contributed by atoms with van der Waals surface area (Å²) in [6.07, 6.45) is 2.99. The Hall–Kier alpha value is -1.98. The molecule has 0 atom stereocenters. The lowest BCUT2D eigenvalue weighted by Gasteiger charge is -2.24. The highest BCUT2D eigenvalue weighted by atomic mass is 19.1. The average molecular weight is 338 g/mol. The first-order valence-corrected chi connectivity index (χ1v) is 8.41. The number of rotatable bonds is 8. The van der Waals surface area contributed by atoms with Crippen molar-refractivity contribution in [1.29, 1.82) is 0 Å². The summed E-state index contributed by atoms with van der Waals surface area (Å²) in [5.41, 5.74) is -0.192. The van der Waals surface area contributed by atoms with E-state index in [1.54, 1.807) is 0 Å². The van der Waals surface area contributed by atoms with Crippen LogP contribution in [0.15, 0.2) is 18.2 Å². The molecule has 24 heavy (non-hydrogen) atoms. The van der Waals surface area contributed by atoms with E-state index in [-0.39, 0.29) is 18.0 Å². The molecular weight excluding hydrogens is 314 g/mol. The maximum absolute atomic E-state index is 13.5. The molecule has 0 bridgehead atoms. The van der Waals surface area contributed by atoms with Gasteiger partial charge in [0.05, 0.1) is 5.56 Å². The number of carbonyl (C=O) groups excluding carboxylic acids is 2. The molecule has 1 aromatic rings. The zero-order valence-corrected chi connectivity index (χ0v) is 14.1. The standard InChI is InChI=1S/C18H24F2N2O2/c1-12(2)11-22(14-6-7-14)17(23)4-3-9-21-18(24)15-8-5-13(19)10-16(15)20/h5,8,10,12,14H,3-4,6-7,9,11H2,1-2H3,(H,21,24). The summed E-state index contributed by atoms with van der Waals surface area (Å²) in [7, 11) is 0. The molecule has 0 radical (unpaired) electrons. The summed E-state index contributed by atoms with van der Waals surface area (Å²) in [5, 5.41) is 2.57. The number of carbonyl (C=O) groups is 2. The summed E-state index contributed by atoms with van der Waals surface area (Å²) < 4.78 is 26.3. The minimum Gasteiger partial charge on any atom is -0.352 e. The van der Waals surface area contributed by atoms with Gasteiger partial charge in [0.1, 0.15) is 11.6 Å². The zero-order valence-electron chi connectivity index (χ0n) is 14.1. The second kappa shape index (κ2) is 8.22. The predicted molar refractivity (Wildman–Crippen MR) is 87.5 cm³/mol. The van der Waals surface area contributed by atoms with Gasteiger partial charge in [0.15, 0.2) is 0 Å². The van der Waals surface area contributed by atoms with Gasteiger partial charge in [-0.2, -0.15) is 0 Å². The van der Waals surface area contributed by atoms with Crippen molar-refractivity contribution in [3.63, 3.8) is 0 Å². The number of amides is 2. The van der Waals surface area contributed by atoms with Gasteiger partial charge in [0.25, 0.3) is 5.91 Å². The van der Waals surface area contributed by atoms with Crippen LogP contribution in [0.3, 0.4) is 0 Å². The Morgan fingerprint density at radius 3 is 2.58 bits per heavy atom. The number of hydrogen-bond acceptors (Lipinski definition) is 2. The quantitative estimate of drug-likeness (QED) is 0.741. The molecule has 132 valence electrons. The molecule has 1 N–H and O–H groups in total. The van der Waals surface area contributed by atoms with Crippen molar-refractivity contribution in [3.05, 3.63) is 35.4 Å². The molecule has 4 nitrogen and oxygen atoms in total. The molecule has 1 aliphatic carbocycles. The number of halogens is 2. The summed E-state index contributed by atoms with van der Waals surface area (Å²) in [5.74, 6) is -1.68. The lowest BCUT2D eigenvalue weighted by Crippen LogP contribution is -2.36. The van der Waals surface area contributed by atoms with Gasteiger partial charge in [-0.15, -0.1) is 0 Å². The third-order valence-corrected chi connectivity index (χ3v) is 3.90.